The maximum absolute atomic E-state index is 14.0. The van der Waals surface area contributed by atoms with Crippen molar-refractivity contribution in [1.29, 1.82) is 0 Å². The number of rotatable bonds is 4. The maximum Gasteiger partial charge on any atom is 0.246 e. The van der Waals surface area contributed by atoms with Crippen LogP contribution in [0.4, 0.5) is 14.6 Å². The molecule has 0 amide bonds. The predicted molar refractivity (Wildman–Crippen MR) is 119 cm³/mol. The highest BCUT2D eigenvalue weighted by atomic mass is 32.2. The van der Waals surface area contributed by atoms with Crippen molar-refractivity contribution in [3.63, 3.8) is 0 Å². The zero-order chi connectivity index (χ0) is 23.0. The van der Waals surface area contributed by atoms with Gasteiger partial charge in [-0.2, -0.15) is 4.31 Å². The first-order valence-corrected chi connectivity index (χ1v) is 11.7. The summed E-state index contributed by atoms with van der Waals surface area (Å²) in [4.78, 5) is 1.43. The Morgan fingerprint density at radius 3 is 2.12 bits per heavy atom. The third-order valence-electron chi connectivity index (χ3n) is 5.84. The molecule has 1 aliphatic heterocycles. The third kappa shape index (κ3) is 4.22. The van der Waals surface area contributed by atoms with Crippen LogP contribution in [0.25, 0.3) is 11.3 Å². The molecule has 2 aromatic carbocycles. The predicted octanol–water partition coefficient (Wildman–Crippen LogP) is 3.86. The van der Waals surface area contributed by atoms with Gasteiger partial charge in [-0.15, -0.1) is 10.2 Å². The molecule has 4 rings (SSSR count). The second kappa shape index (κ2) is 8.55. The van der Waals surface area contributed by atoms with Crippen LogP contribution in [0.1, 0.15) is 16.7 Å². The van der Waals surface area contributed by atoms with E-state index in [9.17, 15) is 17.2 Å². The van der Waals surface area contributed by atoms with Crippen LogP contribution in [0.5, 0.6) is 0 Å². The van der Waals surface area contributed by atoms with Crippen molar-refractivity contribution in [3.8, 4) is 11.3 Å². The Morgan fingerprint density at radius 1 is 0.812 bits per heavy atom. The van der Waals surface area contributed by atoms with Gasteiger partial charge in [-0.25, -0.2) is 17.2 Å². The van der Waals surface area contributed by atoms with Crippen LogP contribution >= 0.6 is 0 Å². The quantitative estimate of drug-likeness (QED) is 0.594. The number of hydrogen-bond acceptors (Lipinski definition) is 5. The molecule has 0 spiro atoms. The van der Waals surface area contributed by atoms with Crippen molar-refractivity contribution in [2.75, 3.05) is 31.1 Å². The summed E-state index contributed by atoms with van der Waals surface area (Å²) in [7, 11) is -4.04. The van der Waals surface area contributed by atoms with Gasteiger partial charge >= 0.3 is 0 Å². The lowest BCUT2D eigenvalue weighted by Gasteiger charge is -2.34. The number of sulfonamides is 1. The molecule has 6 nitrogen and oxygen atoms in total. The maximum atomic E-state index is 14.0. The molecule has 1 aromatic heterocycles. The zero-order valence-electron chi connectivity index (χ0n) is 18.1. The highest BCUT2D eigenvalue weighted by molar-refractivity contribution is 7.89. The van der Waals surface area contributed by atoms with Crippen molar-refractivity contribution in [1.82, 2.24) is 14.5 Å². The van der Waals surface area contributed by atoms with E-state index in [-0.39, 0.29) is 13.1 Å². The van der Waals surface area contributed by atoms with E-state index in [1.54, 1.807) is 0 Å². The third-order valence-corrected chi connectivity index (χ3v) is 7.77. The minimum atomic E-state index is -4.04. The number of halogens is 2. The van der Waals surface area contributed by atoms with Gasteiger partial charge in [-0.05, 0) is 67.8 Å². The number of aryl methyl sites for hydroxylation is 3. The van der Waals surface area contributed by atoms with Gasteiger partial charge in [-0.1, -0.05) is 6.07 Å². The van der Waals surface area contributed by atoms with Crippen molar-refractivity contribution in [2.24, 2.45) is 0 Å². The molecule has 0 bridgehead atoms. The first-order chi connectivity index (χ1) is 15.2. The van der Waals surface area contributed by atoms with Crippen LogP contribution in [0, 0.1) is 32.4 Å². The topological polar surface area (TPSA) is 66.4 Å². The minimum Gasteiger partial charge on any atom is -0.352 e. The molecule has 0 unspecified atom stereocenters. The molecular formula is C23H24F2N4O2S. The summed E-state index contributed by atoms with van der Waals surface area (Å²) in [5.74, 6) is -1.25. The van der Waals surface area contributed by atoms with Crippen molar-refractivity contribution in [3.05, 3.63) is 70.8 Å². The average molecular weight is 459 g/mol. The monoisotopic (exact) mass is 458 g/mol. The SMILES string of the molecule is Cc1cc(C)c(-c2ccc(N3CCN(S(=O)(=O)c4ccc(F)cc4F)CC3)nn2)cc1C. The van der Waals surface area contributed by atoms with Crippen LogP contribution in [-0.4, -0.2) is 49.1 Å². The molecule has 3 aromatic rings. The fourth-order valence-electron chi connectivity index (χ4n) is 3.86. The molecule has 1 saturated heterocycles. The Balaban J connectivity index is 1.47. The highest BCUT2D eigenvalue weighted by Crippen LogP contribution is 2.26. The summed E-state index contributed by atoms with van der Waals surface area (Å²) in [6.07, 6.45) is 0. The Bertz CT molecular complexity index is 1260. The summed E-state index contributed by atoms with van der Waals surface area (Å²) >= 11 is 0. The van der Waals surface area contributed by atoms with Crippen molar-refractivity contribution >= 4 is 15.8 Å². The second-order valence-electron chi connectivity index (χ2n) is 7.99. The molecule has 168 valence electrons. The summed E-state index contributed by atoms with van der Waals surface area (Å²) in [6, 6.07) is 10.5. The molecule has 0 saturated carbocycles. The minimum absolute atomic E-state index is 0.166. The fourth-order valence-corrected chi connectivity index (χ4v) is 5.32. The average Bonchev–Trinajstić information content (AvgIpc) is 2.76. The van der Waals surface area contributed by atoms with E-state index < -0.39 is 26.6 Å². The van der Waals surface area contributed by atoms with Gasteiger partial charge in [0.15, 0.2) is 5.82 Å². The lowest BCUT2D eigenvalue weighted by Crippen LogP contribution is -2.49. The first kappa shape index (κ1) is 22.3. The van der Waals surface area contributed by atoms with Crippen LogP contribution in [0.15, 0.2) is 47.4 Å². The van der Waals surface area contributed by atoms with Gasteiger partial charge in [0, 0.05) is 37.8 Å². The lowest BCUT2D eigenvalue weighted by molar-refractivity contribution is 0.381. The van der Waals surface area contributed by atoms with E-state index in [4.69, 9.17) is 0 Å². The Labute approximate surface area is 186 Å². The zero-order valence-corrected chi connectivity index (χ0v) is 19.0. The number of hydrogen-bond donors (Lipinski definition) is 0. The van der Waals surface area contributed by atoms with Crippen molar-refractivity contribution in [2.45, 2.75) is 25.7 Å². The van der Waals surface area contributed by atoms with Gasteiger partial charge in [0.1, 0.15) is 16.5 Å². The summed E-state index contributed by atoms with van der Waals surface area (Å²) in [6.45, 7) is 7.28. The van der Waals surface area contributed by atoms with E-state index in [2.05, 4.69) is 36.2 Å². The molecule has 32 heavy (non-hydrogen) atoms. The van der Waals surface area contributed by atoms with E-state index in [1.165, 1.54) is 15.4 Å². The largest absolute Gasteiger partial charge is 0.352 e. The van der Waals surface area contributed by atoms with Crippen LogP contribution < -0.4 is 4.90 Å². The molecule has 2 heterocycles. The van der Waals surface area contributed by atoms with Gasteiger partial charge in [-0.3, -0.25) is 0 Å². The number of benzene rings is 2. The standard InChI is InChI=1S/C23H24F2N4O2S/c1-15-12-17(3)19(13-16(15)2)21-5-7-23(27-26-21)28-8-10-29(11-9-28)32(30,31)22-6-4-18(24)14-20(22)25/h4-7,12-14H,8-11H2,1-3H3. The normalized spacial score (nSPS) is 15.2. The van der Waals surface area contributed by atoms with E-state index in [1.807, 2.05) is 24.0 Å². The van der Waals surface area contributed by atoms with Crippen LogP contribution in [0.2, 0.25) is 0 Å². The van der Waals surface area contributed by atoms with Gasteiger partial charge in [0.25, 0.3) is 0 Å². The lowest BCUT2D eigenvalue weighted by atomic mass is 9.99. The first-order valence-electron chi connectivity index (χ1n) is 10.3. The molecule has 0 N–H and O–H groups in total. The Hall–Kier alpha value is -2.91. The highest BCUT2D eigenvalue weighted by Gasteiger charge is 2.31. The molecule has 0 radical (unpaired) electrons. The fraction of sp³-hybridized carbons (Fsp3) is 0.304. The smallest absolute Gasteiger partial charge is 0.246 e. The van der Waals surface area contributed by atoms with Gasteiger partial charge in [0.05, 0.1) is 5.69 Å². The number of nitrogens with zero attached hydrogens (tertiary/aromatic N) is 4. The molecule has 0 aliphatic carbocycles. The molecule has 9 heteroatoms. The van der Waals surface area contributed by atoms with Crippen LogP contribution in [-0.2, 0) is 10.0 Å². The Kier molecular flexibility index (Phi) is 5.96. The Morgan fingerprint density at radius 2 is 1.50 bits per heavy atom. The number of piperazine rings is 1. The van der Waals surface area contributed by atoms with Gasteiger partial charge in [0.2, 0.25) is 10.0 Å². The molecule has 1 fully saturated rings. The molecule has 1 aliphatic rings. The van der Waals surface area contributed by atoms with E-state index in [0.29, 0.717) is 25.0 Å². The second-order valence-corrected chi connectivity index (χ2v) is 9.90. The number of anilines is 1. The number of aromatic nitrogens is 2. The van der Waals surface area contributed by atoms with E-state index in [0.717, 1.165) is 29.0 Å². The molecule has 0 atom stereocenters. The van der Waals surface area contributed by atoms with E-state index >= 15 is 0 Å². The van der Waals surface area contributed by atoms with Crippen molar-refractivity contribution < 1.29 is 17.2 Å². The summed E-state index contributed by atoms with van der Waals surface area (Å²) < 4.78 is 53.9. The van der Waals surface area contributed by atoms with Crippen LogP contribution in [0.3, 0.4) is 0 Å². The summed E-state index contributed by atoms with van der Waals surface area (Å²) in [5, 5.41) is 8.73. The summed E-state index contributed by atoms with van der Waals surface area (Å²) in [5.41, 5.74) is 5.35. The van der Waals surface area contributed by atoms with Gasteiger partial charge < -0.3 is 4.90 Å². The molecular weight excluding hydrogens is 434 g/mol.